The lowest BCUT2D eigenvalue weighted by molar-refractivity contribution is 0.0343. The van der Waals surface area contributed by atoms with Crippen molar-refractivity contribution in [3.05, 3.63) is 0 Å². The number of hydrogen-bond acceptors (Lipinski definition) is 6. The maximum atomic E-state index is 5.72. The topological polar surface area (TPSA) is 94.6 Å². The fraction of sp³-hybridized carbons (Fsp3) is 1.00. The highest BCUT2D eigenvalue weighted by Gasteiger charge is 2.07. The van der Waals surface area contributed by atoms with Gasteiger partial charge in [0.15, 0.2) is 0 Å². The highest BCUT2D eigenvalue weighted by atomic mass is 16.5. The molecule has 0 spiro atoms. The molecule has 0 aromatic carbocycles. The summed E-state index contributed by atoms with van der Waals surface area (Å²) >= 11 is 0. The Bertz CT molecular complexity index is 210. The van der Waals surface area contributed by atoms with Crippen LogP contribution in [0.2, 0.25) is 0 Å². The molecule has 0 saturated carbocycles. The molecular formula is C16H38N4O2. The van der Waals surface area contributed by atoms with Crippen LogP contribution in [0.3, 0.4) is 0 Å². The lowest BCUT2D eigenvalue weighted by Crippen LogP contribution is -2.34. The highest BCUT2D eigenvalue weighted by molar-refractivity contribution is 4.61. The highest BCUT2D eigenvalue weighted by Crippen LogP contribution is 1.99. The average Bonchev–Trinajstić information content (AvgIpc) is 2.48. The van der Waals surface area contributed by atoms with Crippen molar-refractivity contribution in [3.8, 4) is 0 Å². The third-order valence-electron chi connectivity index (χ3n) is 3.29. The van der Waals surface area contributed by atoms with Crippen molar-refractivity contribution in [2.75, 3.05) is 52.6 Å². The molecule has 2 atom stereocenters. The van der Waals surface area contributed by atoms with Crippen LogP contribution in [-0.4, -0.2) is 64.7 Å². The monoisotopic (exact) mass is 318 g/mol. The number of nitrogens with one attached hydrogen (secondary N) is 2. The largest absolute Gasteiger partial charge is 0.379 e. The van der Waals surface area contributed by atoms with Crippen molar-refractivity contribution in [1.29, 1.82) is 0 Å². The third kappa shape index (κ3) is 14.7. The van der Waals surface area contributed by atoms with E-state index >= 15 is 0 Å². The van der Waals surface area contributed by atoms with Crippen molar-refractivity contribution in [2.24, 2.45) is 17.4 Å². The van der Waals surface area contributed by atoms with Crippen LogP contribution in [0.1, 0.15) is 33.6 Å². The van der Waals surface area contributed by atoms with Crippen molar-refractivity contribution in [1.82, 2.24) is 10.6 Å². The molecule has 0 heterocycles. The van der Waals surface area contributed by atoms with E-state index in [0.717, 1.165) is 65.4 Å². The van der Waals surface area contributed by atoms with Crippen molar-refractivity contribution in [3.63, 3.8) is 0 Å². The minimum Gasteiger partial charge on any atom is -0.379 e. The van der Waals surface area contributed by atoms with E-state index in [-0.39, 0.29) is 0 Å². The van der Waals surface area contributed by atoms with E-state index in [1.54, 1.807) is 0 Å². The van der Waals surface area contributed by atoms with Gasteiger partial charge < -0.3 is 31.6 Å². The predicted octanol–water partition coefficient (Wildman–Crippen LogP) is 0.310. The second-order valence-electron chi connectivity index (χ2n) is 6.17. The summed E-state index contributed by atoms with van der Waals surface area (Å²) in [6, 6.07) is 0.734. The van der Waals surface area contributed by atoms with Gasteiger partial charge in [0.05, 0.1) is 26.4 Å². The van der Waals surface area contributed by atoms with Gasteiger partial charge in [-0.2, -0.15) is 0 Å². The Morgan fingerprint density at radius 3 is 1.50 bits per heavy atom. The quantitative estimate of drug-likeness (QED) is 0.306. The Morgan fingerprint density at radius 2 is 1.14 bits per heavy atom. The Balaban J connectivity index is 3.43. The molecule has 6 heteroatoms. The van der Waals surface area contributed by atoms with E-state index in [1.165, 1.54) is 0 Å². The molecule has 0 radical (unpaired) electrons. The summed E-state index contributed by atoms with van der Waals surface area (Å²) in [5.41, 5.74) is 10.9. The Hall–Kier alpha value is -0.240. The molecule has 0 rings (SSSR count). The van der Waals surface area contributed by atoms with Crippen LogP contribution < -0.4 is 22.1 Å². The molecule has 0 aromatic heterocycles. The van der Waals surface area contributed by atoms with Crippen LogP contribution in [-0.2, 0) is 9.47 Å². The summed E-state index contributed by atoms with van der Waals surface area (Å²) in [6.07, 6.45) is 2.01. The fourth-order valence-electron chi connectivity index (χ4n) is 1.96. The molecule has 0 aromatic rings. The molecule has 0 saturated heterocycles. The smallest absolute Gasteiger partial charge is 0.0617 e. The van der Waals surface area contributed by atoms with Gasteiger partial charge in [0.2, 0.25) is 0 Å². The van der Waals surface area contributed by atoms with Crippen molar-refractivity contribution < 1.29 is 9.47 Å². The van der Waals surface area contributed by atoms with Crippen LogP contribution >= 0.6 is 0 Å². The first kappa shape index (κ1) is 21.8. The molecule has 6 nitrogen and oxygen atoms in total. The van der Waals surface area contributed by atoms with Gasteiger partial charge in [-0.1, -0.05) is 6.92 Å². The standard InChI is InChI=1S/C16H38N4O2/c1-14(10-21-12-15(2)19-8-4-6-17)11-22-13-16(3)20-9-5-7-18/h14-16,19-20H,4-13,17-18H2,1-3H3. The lowest BCUT2D eigenvalue weighted by atomic mass is 10.2. The van der Waals surface area contributed by atoms with Crippen LogP contribution in [0.25, 0.3) is 0 Å². The SMILES string of the molecule is CC(COCC(C)NCCCN)COCC(C)NCCCN. The second kappa shape index (κ2) is 15.6. The average molecular weight is 319 g/mol. The number of hydrogen-bond donors (Lipinski definition) is 4. The van der Waals surface area contributed by atoms with E-state index < -0.39 is 0 Å². The van der Waals surface area contributed by atoms with Crippen LogP contribution in [0.5, 0.6) is 0 Å². The van der Waals surface area contributed by atoms with Crippen LogP contribution in [0.4, 0.5) is 0 Å². The zero-order valence-corrected chi connectivity index (χ0v) is 14.8. The normalized spacial score (nSPS) is 15.7. The van der Waals surface area contributed by atoms with E-state index in [4.69, 9.17) is 20.9 Å². The van der Waals surface area contributed by atoms with Gasteiger partial charge in [0, 0.05) is 18.0 Å². The second-order valence-corrected chi connectivity index (χ2v) is 6.17. The first-order valence-corrected chi connectivity index (χ1v) is 8.62. The number of nitrogens with two attached hydrogens (primary N) is 2. The summed E-state index contributed by atoms with van der Waals surface area (Å²) in [5.74, 6) is 0.410. The van der Waals surface area contributed by atoms with E-state index in [9.17, 15) is 0 Å². The Morgan fingerprint density at radius 1 is 0.727 bits per heavy atom. The first-order chi connectivity index (χ1) is 10.6. The van der Waals surface area contributed by atoms with Gasteiger partial charge in [-0.3, -0.25) is 0 Å². The molecule has 6 N–H and O–H groups in total. The van der Waals surface area contributed by atoms with Gasteiger partial charge in [0.25, 0.3) is 0 Å². The lowest BCUT2D eigenvalue weighted by Gasteiger charge is -2.18. The minimum absolute atomic E-state index is 0.367. The molecule has 134 valence electrons. The molecular weight excluding hydrogens is 280 g/mol. The van der Waals surface area contributed by atoms with Crippen molar-refractivity contribution >= 4 is 0 Å². The summed E-state index contributed by atoms with van der Waals surface area (Å²) in [5, 5.41) is 6.77. The molecule has 22 heavy (non-hydrogen) atoms. The maximum Gasteiger partial charge on any atom is 0.0617 e. The minimum atomic E-state index is 0.367. The third-order valence-corrected chi connectivity index (χ3v) is 3.29. The van der Waals surface area contributed by atoms with Crippen LogP contribution in [0, 0.1) is 5.92 Å². The summed E-state index contributed by atoms with van der Waals surface area (Å²) in [6.45, 7) is 12.7. The molecule has 0 aliphatic carbocycles. The van der Waals surface area contributed by atoms with Crippen LogP contribution in [0.15, 0.2) is 0 Å². The fourth-order valence-corrected chi connectivity index (χ4v) is 1.96. The number of rotatable bonds is 16. The zero-order chi connectivity index (χ0) is 16.6. The molecule has 0 aliphatic heterocycles. The van der Waals surface area contributed by atoms with Gasteiger partial charge in [0.1, 0.15) is 0 Å². The molecule has 0 bridgehead atoms. The Kier molecular flexibility index (Phi) is 15.5. The first-order valence-electron chi connectivity index (χ1n) is 8.62. The van der Waals surface area contributed by atoms with Gasteiger partial charge in [-0.05, 0) is 52.9 Å². The van der Waals surface area contributed by atoms with E-state index in [2.05, 4.69) is 31.4 Å². The molecule has 2 unspecified atom stereocenters. The summed E-state index contributed by atoms with van der Waals surface area (Å²) in [4.78, 5) is 0. The molecule has 0 fully saturated rings. The molecule has 0 amide bonds. The maximum absolute atomic E-state index is 5.72. The summed E-state index contributed by atoms with van der Waals surface area (Å²) < 4.78 is 11.4. The van der Waals surface area contributed by atoms with Gasteiger partial charge in [-0.15, -0.1) is 0 Å². The van der Waals surface area contributed by atoms with Crippen molar-refractivity contribution in [2.45, 2.75) is 45.7 Å². The Labute approximate surface area is 136 Å². The van der Waals surface area contributed by atoms with E-state index in [1.807, 2.05) is 0 Å². The zero-order valence-electron chi connectivity index (χ0n) is 14.8. The van der Waals surface area contributed by atoms with Gasteiger partial charge in [-0.25, -0.2) is 0 Å². The molecule has 0 aliphatic rings. The number of ether oxygens (including phenoxy) is 2. The van der Waals surface area contributed by atoms with Gasteiger partial charge >= 0.3 is 0 Å². The summed E-state index contributed by atoms with van der Waals surface area (Å²) in [7, 11) is 0. The van der Waals surface area contributed by atoms with E-state index in [0.29, 0.717) is 18.0 Å². The predicted molar refractivity (Wildman–Crippen MR) is 93.1 cm³/mol.